The van der Waals surface area contributed by atoms with Crippen molar-refractivity contribution in [3.8, 4) is 0 Å². The van der Waals surface area contributed by atoms with Crippen LogP contribution in [-0.2, 0) is 4.79 Å². The molecule has 76 valence electrons. The van der Waals surface area contributed by atoms with E-state index < -0.39 is 0 Å². The molecule has 1 unspecified atom stereocenters. The Bertz CT molecular complexity index is 189. The summed E-state index contributed by atoms with van der Waals surface area (Å²) in [7, 11) is 0. The molecule has 13 heavy (non-hydrogen) atoms. The first kappa shape index (κ1) is 10.5. The van der Waals surface area contributed by atoms with Gasteiger partial charge in [-0.3, -0.25) is 4.79 Å². The van der Waals surface area contributed by atoms with Gasteiger partial charge >= 0.3 is 0 Å². The van der Waals surface area contributed by atoms with E-state index in [-0.39, 0.29) is 11.3 Å². The van der Waals surface area contributed by atoms with Crippen molar-refractivity contribution in [3.63, 3.8) is 0 Å². The first-order valence-corrected chi connectivity index (χ1v) is 5.06. The van der Waals surface area contributed by atoms with Gasteiger partial charge in [0, 0.05) is 25.6 Å². The van der Waals surface area contributed by atoms with Crippen molar-refractivity contribution in [1.82, 2.24) is 10.6 Å². The second-order valence-corrected chi connectivity index (χ2v) is 4.49. The van der Waals surface area contributed by atoms with Crippen molar-refractivity contribution in [3.05, 3.63) is 0 Å². The SMILES string of the molecule is CCCC(=O)NC1CNCC1(C)C. The summed E-state index contributed by atoms with van der Waals surface area (Å²) in [6.45, 7) is 8.29. The molecule has 2 N–H and O–H groups in total. The maximum Gasteiger partial charge on any atom is 0.220 e. The molecular formula is C10H20N2O. The van der Waals surface area contributed by atoms with E-state index in [1.165, 1.54) is 0 Å². The predicted octanol–water partition coefficient (Wildman–Crippen LogP) is 0.901. The Balaban J connectivity index is 2.40. The summed E-state index contributed by atoms with van der Waals surface area (Å²) in [6, 6.07) is 0.298. The van der Waals surface area contributed by atoms with Gasteiger partial charge < -0.3 is 10.6 Å². The van der Waals surface area contributed by atoms with Crippen LogP contribution < -0.4 is 10.6 Å². The van der Waals surface area contributed by atoms with Crippen LogP contribution in [0.2, 0.25) is 0 Å². The average Bonchev–Trinajstić information content (AvgIpc) is 2.31. The lowest BCUT2D eigenvalue weighted by Gasteiger charge is -2.26. The van der Waals surface area contributed by atoms with Crippen LogP contribution in [-0.4, -0.2) is 25.0 Å². The Morgan fingerprint density at radius 3 is 2.77 bits per heavy atom. The smallest absolute Gasteiger partial charge is 0.220 e. The lowest BCUT2D eigenvalue weighted by molar-refractivity contribution is -0.122. The largest absolute Gasteiger partial charge is 0.352 e. The lowest BCUT2D eigenvalue weighted by Crippen LogP contribution is -2.44. The molecule has 1 fully saturated rings. The molecule has 0 saturated carbocycles. The second-order valence-electron chi connectivity index (χ2n) is 4.49. The molecule has 1 saturated heterocycles. The Morgan fingerprint density at radius 1 is 1.62 bits per heavy atom. The van der Waals surface area contributed by atoms with Gasteiger partial charge in [-0.1, -0.05) is 20.8 Å². The van der Waals surface area contributed by atoms with Crippen molar-refractivity contribution in [2.75, 3.05) is 13.1 Å². The number of amides is 1. The molecule has 3 nitrogen and oxygen atoms in total. The Labute approximate surface area is 80.3 Å². The highest BCUT2D eigenvalue weighted by molar-refractivity contribution is 5.76. The average molecular weight is 184 g/mol. The highest BCUT2D eigenvalue weighted by Crippen LogP contribution is 2.23. The maximum absolute atomic E-state index is 11.3. The van der Waals surface area contributed by atoms with Crippen molar-refractivity contribution in [2.45, 2.75) is 39.7 Å². The third-order valence-electron chi connectivity index (χ3n) is 2.68. The van der Waals surface area contributed by atoms with Crippen molar-refractivity contribution in [2.24, 2.45) is 5.41 Å². The molecule has 1 rings (SSSR count). The predicted molar refractivity (Wildman–Crippen MR) is 53.5 cm³/mol. The second kappa shape index (κ2) is 4.09. The third-order valence-corrected chi connectivity index (χ3v) is 2.68. The van der Waals surface area contributed by atoms with E-state index in [2.05, 4.69) is 24.5 Å². The summed E-state index contributed by atoms with van der Waals surface area (Å²) in [5, 5.41) is 6.36. The van der Waals surface area contributed by atoms with E-state index in [4.69, 9.17) is 0 Å². The number of hydrogen-bond acceptors (Lipinski definition) is 2. The zero-order valence-electron chi connectivity index (χ0n) is 8.81. The van der Waals surface area contributed by atoms with Gasteiger partial charge in [0.05, 0.1) is 0 Å². The Hall–Kier alpha value is -0.570. The summed E-state index contributed by atoms with van der Waals surface area (Å²) < 4.78 is 0. The van der Waals surface area contributed by atoms with Crippen molar-refractivity contribution >= 4 is 5.91 Å². The van der Waals surface area contributed by atoms with Gasteiger partial charge in [-0.15, -0.1) is 0 Å². The van der Waals surface area contributed by atoms with Crippen LogP contribution in [0, 0.1) is 5.41 Å². The van der Waals surface area contributed by atoms with Gasteiger partial charge in [0.25, 0.3) is 0 Å². The highest BCUT2D eigenvalue weighted by Gasteiger charge is 2.34. The van der Waals surface area contributed by atoms with Gasteiger partial charge in [-0.25, -0.2) is 0 Å². The normalized spacial score (nSPS) is 25.9. The Kier molecular flexibility index (Phi) is 3.31. The fraction of sp³-hybridized carbons (Fsp3) is 0.900. The fourth-order valence-corrected chi connectivity index (χ4v) is 1.68. The molecule has 0 bridgehead atoms. The zero-order valence-corrected chi connectivity index (χ0v) is 8.81. The lowest BCUT2D eigenvalue weighted by atomic mass is 9.88. The summed E-state index contributed by atoms with van der Waals surface area (Å²) in [4.78, 5) is 11.3. The van der Waals surface area contributed by atoms with Crippen LogP contribution in [0.3, 0.4) is 0 Å². The first-order valence-electron chi connectivity index (χ1n) is 5.06. The maximum atomic E-state index is 11.3. The molecule has 0 aromatic rings. The summed E-state index contributed by atoms with van der Waals surface area (Å²) in [6.07, 6.45) is 1.57. The third kappa shape index (κ3) is 2.69. The zero-order chi connectivity index (χ0) is 9.90. The van der Waals surface area contributed by atoms with Gasteiger partial charge in [-0.05, 0) is 11.8 Å². The fourth-order valence-electron chi connectivity index (χ4n) is 1.68. The minimum Gasteiger partial charge on any atom is -0.352 e. The van der Waals surface area contributed by atoms with E-state index in [0.717, 1.165) is 19.5 Å². The number of nitrogens with one attached hydrogen (secondary N) is 2. The van der Waals surface area contributed by atoms with Gasteiger partial charge in [0.15, 0.2) is 0 Å². The van der Waals surface area contributed by atoms with Gasteiger partial charge in [0.2, 0.25) is 5.91 Å². The van der Waals surface area contributed by atoms with Crippen molar-refractivity contribution < 1.29 is 4.79 Å². The summed E-state index contributed by atoms with van der Waals surface area (Å²) >= 11 is 0. The number of rotatable bonds is 3. The first-order chi connectivity index (χ1) is 6.06. The minimum atomic E-state index is 0.185. The van der Waals surface area contributed by atoms with E-state index in [9.17, 15) is 4.79 Å². The molecule has 1 aliphatic rings. The molecule has 1 atom stereocenters. The summed E-state index contributed by atoms with van der Waals surface area (Å²) in [5.74, 6) is 0.185. The van der Waals surface area contributed by atoms with Gasteiger partial charge in [0.1, 0.15) is 0 Å². The highest BCUT2D eigenvalue weighted by atomic mass is 16.1. The molecule has 0 spiro atoms. The van der Waals surface area contributed by atoms with Crippen LogP contribution in [0.5, 0.6) is 0 Å². The molecule has 0 radical (unpaired) electrons. The van der Waals surface area contributed by atoms with E-state index in [1.54, 1.807) is 0 Å². The van der Waals surface area contributed by atoms with Crippen LogP contribution in [0.1, 0.15) is 33.6 Å². The molecule has 0 aliphatic carbocycles. The Morgan fingerprint density at radius 2 is 2.31 bits per heavy atom. The van der Waals surface area contributed by atoms with Gasteiger partial charge in [-0.2, -0.15) is 0 Å². The number of hydrogen-bond donors (Lipinski definition) is 2. The monoisotopic (exact) mass is 184 g/mol. The minimum absolute atomic E-state index is 0.185. The van der Waals surface area contributed by atoms with E-state index in [1.807, 2.05) is 6.92 Å². The number of carbonyl (C=O) groups excluding carboxylic acids is 1. The van der Waals surface area contributed by atoms with E-state index in [0.29, 0.717) is 12.5 Å². The molecule has 1 heterocycles. The van der Waals surface area contributed by atoms with Crippen LogP contribution >= 0.6 is 0 Å². The molecule has 1 amide bonds. The number of carbonyl (C=O) groups is 1. The molecule has 3 heteroatoms. The van der Waals surface area contributed by atoms with Crippen LogP contribution in [0.4, 0.5) is 0 Å². The topological polar surface area (TPSA) is 41.1 Å². The van der Waals surface area contributed by atoms with Crippen molar-refractivity contribution in [1.29, 1.82) is 0 Å². The van der Waals surface area contributed by atoms with Crippen LogP contribution in [0.15, 0.2) is 0 Å². The standard InChI is InChI=1S/C10H20N2O/c1-4-5-9(13)12-8-6-11-7-10(8,2)3/h8,11H,4-7H2,1-3H3,(H,12,13). The quantitative estimate of drug-likeness (QED) is 0.684. The molecule has 1 aliphatic heterocycles. The summed E-state index contributed by atoms with van der Waals surface area (Å²) in [5.41, 5.74) is 0.198. The molecule has 0 aromatic carbocycles. The molecule has 0 aromatic heterocycles. The van der Waals surface area contributed by atoms with Crippen LogP contribution in [0.25, 0.3) is 0 Å². The molecular weight excluding hydrogens is 164 g/mol. The van der Waals surface area contributed by atoms with E-state index >= 15 is 0 Å².